The van der Waals surface area contributed by atoms with Crippen molar-refractivity contribution in [3.05, 3.63) is 22.7 Å². The lowest BCUT2D eigenvalue weighted by Gasteiger charge is -2.37. The standard InChI is InChI=1S/C18H23ClN2O4/c1-10-5-14(16(24-4)6-13(10)19)21-17(22)7-15(18(21)23)20-8-11(2)25-12(3)9-20/h5-6,11-12,15H,7-9H2,1-4H3/t11-,12-,15-/m0/s1. The monoisotopic (exact) mass is 366 g/mol. The van der Waals surface area contributed by atoms with Crippen LogP contribution in [0, 0.1) is 6.92 Å². The Bertz CT molecular complexity index is 699. The summed E-state index contributed by atoms with van der Waals surface area (Å²) in [4.78, 5) is 28.9. The molecule has 2 amide bonds. The van der Waals surface area contributed by atoms with Crippen LogP contribution < -0.4 is 9.64 Å². The molecule has 0 saturated carbocycles. The lowest BCUT2D eigenvalue weighted by Crippen LogP contribution is -2.52. The molecule has 0 aromatic heterocycles. The minimum absolute atomic E-state index is 0.0352. The fourth-order valence-corrected chi connectivity index (χ4v) is 3.77. The molecule has 3 atom stereocenters. The molecule has 25 heavy (non-hydrogen) atoms. The van der Waals surface area contributed by atoms with Gasteiger partial charge in [0.1, 0.15) is 5.75 Å². The van der Waals surface area contributed by atoms with E-state index in [-0.39, 0.29) is 30.4 Å². The van der Waals surface area contributed by atoms with Gasteiger partial charge in [0.2, 0.25) is 5.91 Å². The van der Waals surface area contributed by atoms with Crippen molar-refractivity contribution >= 4 is 29.1 Å². The second-order valence-electron chi connectivity index (χ2n) is 6.77. The Hall–Kier alpha value is -1.63. The first-order valence-corrected chi connectivity index (χ1v) is 8.80. The highest BCUT2D eigenvalue weighted by Crippen LogP contribution is 2.37. The predicted molar refractivity (Wildman–Crippen MR) is 95.2 cm³/mol. The number of rotatable bonds is 3. The van der Waals surface area contributed by atoms with E-state index in [1.165, 1.54) is 12.0 Å². The highest BCUT2D eigenvalue weighted by Gasteiger charge is 2.45. The molecule has 1 aromatic rings. The topological polar surface area (TPSA) is 59.1 Å². The number of hydrogen-bond acceptors (Lipinski definition) is 5. The van der Waals surface area contributed by atoms with E-state index in [9.17, 15) is 9.59 Å². The van der Waals surface area contributed by atoms with Crippen LogP contribution in [0.15, 0.2) is 12.1 Å². The van der Waals surface area contributed by atoms with Gasteiger partial charge in [0.05, 0.1) is 37.5 Å². The number of halogens is 1. The van der Waals surface area contributed by atoms with Crippen molar-refractivity contribution in [2.24, 2.45) is 0 Å². The molecule has 7 heteroatoms. The van der Waals surface area contributed by atoms with Crippen molar-refractivity contribution in [1.82, 2.24) is 4.90 Å². The average Bonchev–Trinajstić information content (AvgIpc) is 2.83. The average molecular weight is 367 g/mol. The van der Waals surface area contributed by atoms with E-state index in [1.807, 2.05) is 25.7 Å². The van der Waals surface area contributed by atoms with Crippen LogP contribution >= 0.6 is 11.6 Å². The quantitative estimate of drug-likeness (QED) is 0.769. The third-order valence-electron chi connectivity index (χ3n) is 4.71. The lowest BCUT2D eigenvalue weighted by atomic mass is 10.1. The van der Waals surface area contributed by atoms with Gasteiger partial charge in [0, 0.05) is 24.2 Å². The minimum Gasteiger partial charge on any atom is -0.495 e. The van der Waals surface area contributed by atoms with E-state index in [1.54, 1.807) is 12.1 Å². The maximum atomic E-state index is 13.0. The van der Waals surface area contributed by atoms with Crippen molar-refractivity contribution in [1.29, 1.82) is 0 Å². The number of imide groups is 1. The van der Waals surface area contributed by atoms with Crippen molar-refractivity contribution in [3.8, 4) is 5.75 Å². The highest BCUT2D eigenvalue weighted by atomic mass is 35.5. The molecule has 2 heterocycles. The molecule has 0 unspecified atom stereocenters. The second kappa shape index (κ2) is 6.94. The van der Waals surface area contributed by atoms with Gasteiger partial charge in [-0.3, -0.25) is 14.5 Å². The number of methoxy groups -OCH3 is 1. The highest BCUT2D eigenvalue weighted by molar-refractivity contribution is 6.32. The molecule has 2 fully saturated rings. The summed E-state index contributed by atoms with van der Waals surface area (Å²) >= 11 is 6.14. The molecule has 2 aliphatic rings. The van der Waals surface area contributed by atoms with E-state index < -0.39 is 6.04 Å². The molecule has 6 nitrogen and oxygen atoms in total. The van der Waals surface area contributed by atoms with Crippen LogP contribution in [0.4, 0.5) is 5.69 Å². The van der Waals surface area contributed by atoms with E-state index in [0.29, 0.717) is 29.5 Å². The molecule has 136 valence electrons. The predicted octanol–water partition coefficient (Wildman–Crippen LogP) is 2.40. The van der Waals surface area contributed by atoms with Gasteiger partial charge < -0.3 is 9.47 Å². The van der Waals surface area contributed by atoms with E-state index in [0.717, 1.165) is 5.56 Å². The van der Waals surface area contributed by atoms with Crippen LogP contribution in [0.25, 0.3) is 0 Å². The normalized spacial score (nSPS) is 27.9. The first kappa shape index (κ1) is 18.2. The van der Waals surface area contributed by atoms with Crippen molar-refractivity contribution in [2.75, 3.05) is 25.1 Å². The van der Waals surface area contributed by atoms with Crippen molar-refractivity contribution in [2.45, 2.75) is 45.4 Å². The maximum Gasteiger partial charge on any atom is 0.251 e. The third-order valence-corrected chi connectivity index (χ3v) is 5.12. The molecule has 0 N–H and O–H groups in total. The van der Waals surface area contributed by atoms with Gasteiger partial charge in [-0.05, 0) is 32.4 Å². The van der Waals surface area contributed by atoms with Crippen molar-refractivity contribution < 1.29 is 19.1 Å². The number of carbonyl (C=O) groups excluding carboxylic acids is 2. The summed E-state index contributed by atoms with van der Waals surface area (Å²) in [6.45, 7) is 7.07. The summed E-state index contributed by atoms with van der Waals surface area (Å²) in [6.07, 6.45) is 0.240. The van der Waals surface area contributed by atoms with Crippen molar-refractivity contribution in [3.63, 3.8) is 0 Å². The molecule has 0 radical (unpaired) electrons. The van der Waals surface area contributed by atoms with Gasteiger partial charge in [-0.1, -0.05) is 11.6 Å². The van der Waals surface area contributed by atoms with E-state index in [2.05, 4.69) is 0 Å². The van der Waals surface area contributed by atoms with Gasteiger partial charge in [0.15, 0.2) is 0 Å². The summed E-state index contributed by atoms with van der Waals surface area (Å²) in [6, 6.07) is 2.91. The number of nitrogens with zero attached hydrogens (tertiary/aromatic N) is 2. The largest absolute Gasteiger partial charge is 0.495 e. The number of benzene rings is 1. The van der Waals surface area contributed by atoms with Crippen LogP contribution in [0.1, 0.15) is 25.8 Å². The molecule has 1 aromatic carbocycles. The third kappa shape index (κ3) is 3.38. The summed E-state index contributed by atoms with van der Waals surface area (Å²) in [5.74, 6) is -0.0187. The number of hydrogen-bond donors (Lipinski definition) is 0. The Morgan fingerprint density at radius 2 is 1.84 bits per heavy atom. The molecule has 0 aliphatic carbocycles. The lowest BCUT2D eigenvalue weighted by molar-refractivity contribution is -0.127. The minimum atomic E-state index is -0.456. The molecule has 2 saturated heterocycles. The van der Waals surface area contributed by atoms with Gasteiger partial charge in [0.25, 0.3) is 5.91 Å². The molecular formula is C18H23ClN2O4. The molecule has 2 aliphatic heterocycles. The number of anilines is 1. The zero-order chi connectivity index (χ0) is 18.3. The Morgan fingerprint density at radius 1 is 1.20 bits per heavy atom. The SMILES string of the molecule is COc1cc(Cl)c(C)cc1N1C(=O)C[C@H](N2C[C@H](C)O[C@@H](C)C2)C1=O. The molecule has 3 rings (SSSR count). The number of carbonyl (C=O) groups is 2. The van der Waals surface area contributed by atoms with Crippen LogP contribution in [0.5, 0.6) is 5.75 Å². The van der Waals surface area contributed by atoms with E-state index >= 15 is 0 Å². The summed E-state index contributed by atoms with van der Waals surface area (Å²) in [7, 11) is 1.50. The number of ether oxygens (including phenoxy) is 2. The zero-order valence-corrected chi connectivity index (χ0v) is 15.7. The van der Waals surface area contributed by atoms with Crippen LogP contribution in [0.3, 0.4) is 0 Å². The maximum absolute atomic E-state index is 13.0. The van der Waals surface area contributed by atoms with Gasteiger partial charge in [-0.15, -0.1) is 0 Å². The number of aryl methyl sites for hydroxylation is 1. The number of amides is 2. The second-order valence-corrected chi connectivity index (χ2v) is 7.18. The molecule has 0 spiro atoms. The first-order chi connectivity index (χ1) is 11.8. The smallest absolute Gasteiger partial charge is 0.251 e. The fourth-order valence-electron chi connectivity index (χ4n) is 3.61. The Labute approximate surface area is 152 Å². The summed E-state index contributed by atoms with van der Waals surface area (Å²) < 4.78 is 11.1. The van der Waals surface area contributed by atoms with Gasteiger partial charge >= 0.3 is 0 Å². The van der Waals surface area contributed by atoms with Gasteiger partial charge in [-0.2, -0.15) is 0 Å². The van der Waals surface area contributed by atoms with Gasteiger partial charge in [-0.25, -0.2) is 4.90 Å². The van der Waals surface area contributed by atoms with Crippen LogP contribution in [-0.4, -0.2) is 55.2 Å². The molecule has 0 bridgehead atoms. The van der Waals surface area contributed by atoms with E-state index in [4.69, 9.17) is 21.1 Å². The zero-order valence-electron chi connectivity index (χ0n) is 14.9. The Kier molecular flexibility index (Phi) is 5.04. The van der Waals surface area contributed by atoms with Crippen LogP contribution in [-0.2, 0) is 14.3 Å². The first-order valence-electron chi connectivity index (χ1n) is 8.42. The Morgan fingerprint density at radius 3 is 2.44 bits per heavy atom. The summed E-state index contributed by atoms with van der Waals surface area (Å²) in [5, 5.41) is 0.534. The number of morpholine rings is 1. The summed E-state index contributed by atoms with van der Waals surface area (Å²) in [5.41, 5.74) is 1.24. The fraction of sp³-hybridized carbons (Fsp3) is 0.556. The Balaban J connectivity index is 1.91. The van der Waals surface area contributed by atoms with Crippen LogP contribution in [0.2, 0.25) is 5.02 Å². The molecular weight excluding hydrogens is 344 g/mol.